The molecule has 0 radical (unpaired) electrons. The maximum absolute atomic E-state index is 11.4. The van der Waals surface area contributed by atoms with E-state index in [0.717, 1.165) is 11.3 Å². The minimum Gasteiger partial charge on any atom is -0.497 e. The van der Waals surface area contributed by atoms with E-state index in [2.05, 4.69) is 15.9 Å². The van der Waals surface area contributed by atoms with Crippen molar-refractivity contribution in [1.82, 2.24) is 0 Å². The predicted octanol–water partition coefficient (Wildman–Crippen LogP) is 2.33. The largest absolute Gasteiger partial charge is 0.497 e. The Balaban J connectivity index is 2.40. The zero-order valence-corrected chi connectivity index (χ0v) is 11.0. The number of ether oxygens (including phenoxy) is 3. The summed E-state index contributed by atoms with van der Waals surface area (Å²) in [5, 5.41) is 0. The van der Waals surface area contributed by atoms with E-state index >= 15 is 0 Å². The van der Waals surface area contributed by atoms with Gasteiger partial charge in [-0.2, -0.15) is 0 Å². The van der Waals surface area contributed by atoms with E-state index in [1.807, 2.05) is 24.3 Å². The number of carbonyl (C=O) groups is 1. The lowest BCUT2D eigenvalue weighted by Gasteiger charge is -2.12. The number of esters is 1. The molecule has 0 saturated heterocycles. The van der Waals surface area contributed by atoms with Crippen molar-refractivity contribution in [2.24, 2.45) is 0 Å². The van der Waals surface area contributed by atoms with E-state index in [1.165, 1.54) is 7.11 Å². The molecule has 1 aromatic carbocycles. The molecule has 2 rings (SSSR count). The van der Waals surface area contributed by atoms with Crippen molar-refractivity contribution in [1.29, 1.82) is 0 Å². The van der Waals surface area contributed by atoms with Crippen LogP contribution in [-0.4, -0.2) is 26.5 Å². The number of halogens is 1. The number of carbonyl (C=O) groups excluding carboxylic acids is 1. The van der Waals surface area contributed by atoms with Crippen LogP contribution in [0.5, 0.6) is 5.75 Å². The Morgan fingerprint density at radius 3 is 2.41 bits per heavy atom. The highest BCUT2D eigenvalue weighted by atomic mass is 79.9. The summed E-state index contributed by atoms with van der Waals surface area (Å²) in [7, 11) is 3.09. The van der Waals surface area contributed by atoms with Gasteiger partial charge in [-0.25, -0.2) is 4.79 Å². The molecule has 0 spiro atoms. The molecule has 0 saturated carbocycles. The summed E-state index contributed by atoms with van der Waals surface area (Å²) in [5.74, 6) is 0.340. The molecule has 0 fully saturated rings. The summed E-state index contributed by atoms with van der Waals surface area (Å²) in [6.07, 6.45) is -0.662. The molecule has 90 valence electrons. The van der Waals surface area contributed by atoms with Crippen molar-refractivity contribution < 1.29 is 19.0 Å². The average molecular weight is 299 g/mol. The molecule has 0 N–H and O–H groups in total. The highest BCUT2D eigenvalue weighted by Crippen LogP contribution is 2.35. The van der Waals surface area contributed by atoms with Gasteiger partial charge in [0.2, 0.25) is 6.29 Å². The molecule has 1 aliphatic rings. The highest BCUT2D eigenvalue weighted by Gasteiger charge is 2.33. The van der Waals surface area contributed by atoms with Gasteiger partial charge in [-0.3, -0.25) is 0 Å². The minimum atomic E-state index is -0.662. The van der Waals surface area contributed by atoms with Crippen molar-refractivity contribution in [3.8, 4) is 5.75 Å². The van der Waals surface area contributed by atoms with Crippen molar-refractivity contribution in [2.45, 2.75) is 6.29 Å². The maximum atomic E-state index is 11.4. The van der Waals surface area contributed by atoms with Crippen molar-refractivity contribution >= 4 is 27.5 Å². The topological polar surface area (TPSA) is 44.8 Å². The van der Waals surface area contributed by atoms with Crippen LogP contribution in [0.4, 0.5) is 0 Å². The molecule has 0 bridgehead atoms. The van der Waals surface area contributed by atoms with Gasteiger partial charge in [-0.1, -0.05) is 12.1 Å². The minimum absolute atomic E-state index is 0.398. The molecule has 5 heteroatoms. The van der Waals surface area contributed by atoms with Gasteiger partial charge in [-0.15, -0.1) is 0 Å². The Bertz CT molecular complexity index is 464. The van der Waals surface area contributed by atoms with Gasteiger partial charge in [0.1, 0.15) is 10.2 Å². The van der Waals surface area contributed by atoms with Crippen LogP contribution in [0.1, 0.15) is 5.56 Å². The van der Waals surface area contributed by atoms with E-state index in [0.29, 0.717) is 10.1 Å². The van der Waals surface area contributed by atoms with Crippen LogP contribution in [0.2, 0.25) is 0 Å². The molecule has 1 heterocycles. The second-order valence-corrected chi connectivity index (χ2v) is 4.22. The molecule has 0 aromatic heterocycles. The van der Waals surface area contributed by atoms with Crippen molar-refractivity contribution in [3.05, 3.63) is 34.3 Å². The van der Waals surface area contributed by atoms with Crippen LogP contribution < -0.4 is 4.74 Å². The van der Waals surface area contributed by atoms with E-state index in [9.17, 15) is 4.79 Å². The number of hydrogen-bond acceptors (Lipinski definition) is 4. The second kappa shape index (κ2) is 4.89. The lowest BCUT2D eigenvalue weighted by molar-refractivity contribution is -0.153. The lowest BCUT2D eigenvalue weighted by Crippen LogP contribution is -2.13. The van der Waals surface area contributed by atoms with E-state index in [4.69, 9.17) is 14.2 Å². The molecule has 1 aromatic rings. The third-order valence-corrected chi connectivity index (χ3v) is 3.23. The summed E-state index contributed by atoms with van der Waals surface area (Å²) in [6.45, 7) is 0. The number of benzene rings is 1. The molecule has 1 atom stereocenters. The predicted molar refractivity (Wildman–Crippen MR) is 65.7 cm³/mol. The molecule has 4 nitrogen and oxygen atoms in total. The molecule has 1 aliphatic heterocycles. The van der Waals surface area contributed by atoms with Gasteiger partial charge in [0.25, 0.3) is 0 Å². The lowest BCUT2D eigenvalue weighted by atomic mass is 10.1. The van der Waals surface area contributed by atoms with Crippen molar-refractivity contribution in [3.63, 3.8) is 0 Å². The van der Waals surface area contributed by atoms with E-state index < -0.39 is 12.3 Å². The summed E-state index contributed by atoms with van der Waals surface area (Å²) in [6, 6.07) is 7.34. The first-order chi connectivity index (χ1) is 8.17. The zero-order valence-electron chi connectivity index (χ0n) is 9.40. The third kappa shape index (κ3) is 2.21. The number of rotatable bonds is 3. The van der Waals surface area contributed by atoms with Crippen LogP contribution in [-0.2, 0) is 14.3 Å². The third-order valence-electron chi connectivity index (χ3n) is 2.48. The van der Waals surface area contributed by atoms with E-state index in [-0.39, 0.29) is 0 Å². The van der Waals surface area contributed by atoms with Crippen LogP contribution in [0.3, 0.4) is 0 Å². The summed E-state index contributed by atoms with van der Waals surface area (Å²) in [4.78, 5) is 11.4. The fourth-order valence-electron chi connectivity index (χ4n) is 1.62. The normalized spacial score (nSPS) is 19.5. The Hall–Kier alpha value is -1.33. The van der Waals surface area contributed by atoms with Crippen LogP contribution >= 0.6 is 15.9 Å². The van der Waals surface area contributed by atoms with Crippen LogP contribution in [0.15, 0.2) is 28.7 Å². The molecular weight excluding hydrogens is 288 g/mol. The molecule has 1 unspecified atom stereocenters. The van der Waals surface area contributed by atoms with Gasteiger partial charge in [0, 0.05) is 12.7 Å². The van der Waals surface area contributed by atoms with Gasteiger partial charge >= 0.3 is 5.97 Å². The smallest absolute Gasteiger partial charge is 0.348 e. The zero-order chi connectivity index (χ0) is 12.4. The first-order valence-corrected chi connectivity index (χ1v) is 5.74. The number of methoxy groups -OCH3 is 2. The Labute approximate surface area is 107 Å². The maximum Gasteiger partial charge on any atom is 0.348 e. The monoisotopic (exact) mass is 298 g/mol. The van der Waals surface area contributed by atoms with Gasteiger partial charge in [0.15, 0.2) is 0 Å². The highest BCUT2D eigenvalue weighted by molar-refractivity contribution is 9.12. The van der Waals surface area contributed by atoms with Gasteiger partial charge in [0.05, 0.1) is 7.11 Å². The van der Waals surface area contributed by atoms with Crippen LogP contribution in [0, 0.1) is 0 Å². The fraction of sp³-hybridized carbons (Fsp3) is 0.250. The standard InChI is InChI=1S/C12H11BrO4/c1-15-8-5-3-7(4-6-8)9-10(13)11(14)17-12(9)16-2/h3-6,12H,1-2H3. The molecule has 0 aliphatic carbocycles. The van der Waals surface area contributed by atoms with E-state index in [1.54, 1.807) is 7.11 Å². The van der Waals surface area contributed by atoms with Crippen molar-refractivity contribution in [2.75, 3.05) is 14.2 Å². The second-order valence-electron chi connectivity index (χ2n) is 3.43. The SMILES string of the molecule is COc1ccc(C2=C(Br)C(=O)OC2OC)cc1. The Kier molecular flexibility index (Phi) is 3.49. The Morgan fingerprint density at radius 2 is 1.88 bits per heavy atom. The summed E-state index contributed by atoms with van der Waals surface area (Å²) < 4.78 is 15.6. The quantitative estimate of drug-likeness (QED) is 0.804. The molecule has 0 amide bonds. The average Bonchev–Trinajstić information content (AvgIpc) is 2.65. The number of hydrogen-bond donors (Lipinski definition) is 0. The Morgan fingerprint density at radius 1 is 1.24 bits per heavy atom. The van der Waals surface area contributed by atoms with Gasteiger partial charge in [-0.05, 0) is 33.6 Å². The fourth-order valence-corrected chi connectivity index (χ4v) is 2.13. The first-order valence-electron chi connectivity index (χ1n) is 4.95. The molecular formula is C12H11BrO4. The van der Waals surface area contributed by atoms with Gasteiger partial charge < -0.3 is 14.2 Å². The van der Waals surface area contributed by atoms with Crippen LogP contribution in [0.25, 0.3) is 5.57 Å². The first kappa shape index (κ1) is 12.1. The molecule has 17 heavy (non-hydrogen) atoms. The summed E-state index contributed by atoms with van der Waals surface area (Å²) >= 11 is 3.22. The summed E-state index contributed by atoms with van der Waals surface area (Å²) in [5.41, 5.74) is 1.55. The number of cyclic esters (lactones) is 1.